The number of carboxylic acid groups (broad SMARTS) is 1. The maximum Gasteiger partial charge on any atom is 0.327 e. The fraction of sp³-hybridized carbons (Fsp3) is 0.778. The van der Waals surface area contributed by atoms with Gasteiger partial charge < -0.3 is 14.9 Å². The summed E-state index contributed by atoms with van der Waals surface area (Å²) in [5.41, 5.74) is 0. The van der Waals surface area contributed by atoms with Gasteiger partial charge in [-0.2, -0.15) is 0 Å². The average molecular weight is 296 g/mol. The highest BCUT2D eigenvalue weighted by atomic mass is 32.2. The first kappa shape index (κ1) is 15.1. The topological polar surface area (TPSA) is 95.0 Å². The molecule has 0 unspecified atom stereocenters. The van der Waals surface area contributed by atoms with Crippen LogP contribution in [0.15, 0.2) is 0 Å². The summed E-state index contributed by atoms with van der Waals surface area (Å²) in [7, 11) is -1.67. The van der Waals surface area contributed by atoms with Gasteiger partial charge in [-0.05, 0) is 0 Å². The van der Waals surface area contributed by atoms with Crippen molar-refractivity contribution in [3.8, 4) is 0 Å². The van der Waals surface area contributed by atoms with Crippen LogP contribution < -0.4 is 0 Å². The first-order valence-electron chi connectivity index (χ1n) is 5.22. The number of thioether (sulfide) groups is 1. The van der Waals surface area contributed by atoms with E-state index in [1.54, 1.807) is 0 Å². The van der Waals surface area contributed by atoms with Gasteiger partial charge in [-0.3, -0.25) is 0 Å². The third-order valence-electron chi connectivity index (χ3n) is 2.54. The molecule has 0 aromatic rings. The molecule has 2 amide bonds. The van der Waals surface area contributed by atoms with E-state index in [0.717, 1.165) is 6.26 Å². The minimum atomic E-state index is -3.14. The summed E-state index contributed by atoms with van der Waals surface area (Å²) in [4.78, 5) is 25.4. The summed E-state index contributed by atoms with van der Waals surface area (Å²) in [6, 6.07) is -1.28. The van der Waals surface area contributed by atoms with Gasteiger partial charge >= 0.3 is 12.0 Å². The number of rotatable bonds is 4. The van der Waals surface area contributed by atoms with Crippen LogP contribution >= 0.6 is 11.8 Å². The Labute approximate surface area is 110 Å². The van der Waals surface area contributed by atoms with Crippen molar-refractivity contribution in [2.45, 2.75) is 6.04 Å². The van der Waals surface area contributed by atoms with Crippen LogP contribution in [0.1, 0.15) is 0 Å². The fourth-order valence-corrected chi connectivity index (χ4v) is 3.20. The molecule has 1 aliphatic rings. The van der Waals surface area contributed by atoms with Gasteiger partial charge in [-0.25, -0.2) is 18.0 Å². The number of hydrogen-bond donors (Lipinski definition) is 1. The third kappa shape index (κ3) is 4.05. The summed E-state index contributed by atoms with van der Waals surface area (Å²) >= 11 is 1.37. The van der Waals surface area contributed by atoms with Gasteiger partial charge in [0.2, 0.25) is 0 Å². The molecule has 1 N–H and O–H groups in total. The monoisotopic (exact) mass is 296 g/mol. The molecule has 104 valence electrons. The van der Waals surface area contributed by atoms with Crippen molar-refractivity contribution in [1.29, 1.82) is 0 Å². The van der Waals surface area contributed by atoms with Crippen molar-refractivity contribution in [1.82, 2.24) is 9.80 Å². The molecule has 0 spiro atoms. The molecule has 0 radical (unpaired) electrons. The Morgan fingerprint density at radius 2 is 2.11 bits per heavy atom. The SMILES string of the molecule is CN(CCS(C)(=O)=O)C(=O)N1CSC[C@@H]1C(=O)O. The van der Waals surface area contributed by atoms with Gasteiger partial charge in [0.1, 0.15) is 15.9 Å². The molecule has 0 aromatic carbocycles. The van der Waals surface area contributed by atoms with Crippen LogP contribution in [-0.4, -0.2) is 78.6 Å². The quantitative estimate of drug-likeness (QED) is 0.754. The zero-order valence-electron chi connectivity index (χ0n) is 10.2. The van der Waals surface area contributed by atoms with E-state index in [4.69, 9.17) is 5.11 Å². The van der Waals surface area contributed by atoms with Gasteiger partial charge in [-0.1, -0.05) is 0 Å². The summed E-state index contributed by atoms with van der Waals surface area (Å²) in [6.07, 6.45) is 1.09. The Morgan fingerprint density at radius 1 is 1.50 bits per heavy atom. The number of carbonyl (C=O) groups is 2. The third-order valence-corrected chi connectivity index (χ3v) is 4.47. The van der Waals surface area contributed by atoms with E-state index in [2.05, 4.69) is 0 Å². The normalized spacial score (nSPS) is 19.9. The highest BCUT2D eigenvalue weighted by Gasteiger charge is 2.35. The molecule has 0 aliphatic carbocycles. The number of urea groups is 1. The average Bonchev–Trinajstić information content (AvgIpc) is 2.72. The minimum absolute atomic E-state index is 0.0607. The van der Waals surface area contributed by atoms with Crippen molar-refractivity contribution in [3.05, 3.63) is 0 Å². The first-order chi connectivity index (χ1) is 8.22. The zero-order valence-corrected chi connectivity index (χ0v) is 11.8. The van der Waals surface area contributed by atoms with Crippen LogP contribution in [0.5, 0.6) is 0 Å². The molecule has 1 aliphatic heterocycles. The van der Waals surface area contributed by atoms with Crippen molar-refractivity contribution in [2.75, 3.05) is 37.2 Å². The fourth-order valence-electron chi connectivity index (χ4n) is 1.45. The number of aliphatic carboxylic acids is 1. The first-order valence-corrected chi connectivity index (χ1v) is 8.44. The lowest BCUT2D eigenvalue weighted by Crippen LogP contribution is -2.48. The molecule has 0 bridgehead atoms. The maximum absolute atomic E-state index is 12.0. The van der Waals surface area contributed by atoms with Crippen molar-refractivity contribution < 1.29 is 23.1 Å². The van der Waals surface area contributed by atoms with Crippen molar-refractivity contribution in [2.24, 2.45) is 0 Å². The van der Waals surface area contributed by atoms with Crippen LogP contribution in [0.3, 0.4) is 0 Å². The number of sulfone groups is 1. The molecule has 1 atom stereocenters. The number of carbonyl (C=O) groups excluding carboxylic acids is 1. The van der Waals surface area contributed by atoms with E-state index in [1.165, 1.54) is 28.6 Å². The molecule has 0 saturated carbocycles. The summed E-state index contributed by atoms with van der Waals surface area (Å²) in [5, 5.41) is 8.95. The standard InChI is InChI=1S/C9H16N2O5S2/c1-10(3-4-18(2,15)16)9(14)11-6-17-5-7(11)8(12)13/h7H,3-6H2,1-2H3,(H,12,13)/t7-/m1/s1. The van der Waals surface area contributed by atoms with E-state index in [0.29, 0.717) is 11.6 Å². The molecule has 1 heterocycles. The van der Waals surface area contributed by atoms with Crippen LogP contribution in [0.2, 0.25) is 0 Å². The largest absolute Gasteiger partial charge is 0.480 e. The lowest BCUT2D eigenvalue weighted by molar-refractivity contribution is -0.140. The summed E-state index contributed by atoms with van der Waals surface area (Å²) in [5.74, 6) is -0.488. The van der Waals surface area contributed by atoms with Crippen LogP contribution in [0.4, 0.5) is 4.79 Å². The molecular weight excluding hydrogens is 280 g/mol. The van der Waals surface area contributed by atoms with Crippen LogP contribution in [-0.2, 0) is 14.6 Å². The maximum atomic E-state index is 12.0. The predicted octanol–water partition coefficient (Wildman–Crippen LogP) is -0.458. The minimum Gasteiger partial charge on any atom is -0.480 e. The molecular formula is C9H16N2O5S2. The van der Waals surface area contributed by atoms with E-state index >= 15 is 0 Å². The van der Waals surface area contributed by atoms with Gasteiger partial charge in [0.25, 0.3) is 0 Å². The van der Waals surface area contributed by atoms with Gasteiger partial charge in [0.15, 0.2) is 0 Å². The van der Waals surface area contributed by atoms with Crippen LogP contribution in [0.25, 0.3) is 0 Å². The Bertz CT molecular complexity index is 436. The molecule has 18 heavy (non-hydrogen) atoms. The number of nitrogens with zero attached hydrogens (tertiary/aromatic N) is 2. The molecule has 1 saturated heterocycles. The van der Waals surface area contributed by atoms with Gasteiger partial charge in [0, 0.05) is 25.6 Å². The second-order valence-corrected chi connectivity index (χ2v) is 7.42. The van der Waals surface area contributed by atoms with E-state index in [1.807, 2.05) is 0 Å². The molecule has 1 fully saturated rings. The second-order valence-electron chi connectivity index (χ2n) is 4.16. The summed E-state index contributed by atoms with van der Waals surface area (Å²) in [6.45, 7) is 0.0607. The van der Waals surface area contributed by atoms with E-state index < -0.39 is 27.9 Å². The molecule has 7 nitrogen and oxygen atoms in total. The lowest BCUT2D eigenvalue weighted by atomic mass is 10.3. The van der Waals surface area contributed by atoms with Crippen LogP contribution in [0, 0.1) is 0 Å². The smallest absolute Gasteiger partial charge is 0.327 e. The number of amides is 2. The Hall–Kier alpha value is -0.960. The second kappa shape index (κ2) is 5.79. The van der Waals surface area contributed by atoms with E-state index in [9.17, 15) is 18.0 Å². The molecule has 0 aromatic heterocycles. The Morgan fingerprint density at radius 3 is 2.61 bits per heavy atom. The predicted molar refractivity (Wildman–Crippen MR) is 68.3 cm³/mol. The van der Waals surface area contributed by atoms with Crippen molar-refractivity contribution in [3.63, 3.8) is 0 Å². The Kier molecular flexibility index (Phi) is 4.85. The highest BCUT2D eigenvalue weighted by Crippen LogP contribution is 2.22. The highest BCUT2D eigenvalue weighted by molar-refractivity contribution is 7.99. The molecule has 1 rings (SSSR count). The van der Waals surface area contributed by atoms with Gasteiger partial charge in [0.05, 0.1) is 11.6 Å². The number of carboxylic acids is 1. The number of hydrogen-bond acceptors (Lipinski definition) is 5. The van der Waals surface area contributed by atoms with E-state index in [-0.39, 0.29) is 12.3 Å². The lowest BCUT2D eigenvalue weighted by Gasteiger charge is -2.26. The van der Waals surface area contributed by atoms with Gasteiger partial charge in [-0.15, -0.1) is 11.8 Å². The zero-order chi connectivity index (χ0) is 13.9. The Balaban J connectivity index is 2.60. The molecule has 9 heteroatoms. The summed E-state index contributed by atoms with van der Waals surface area (Å²) < 4.78 is 22.0. The van der Waals surface area contributed by atoms with Crippen molar-refractivity contribution >= 4 is 33.6 Å².